The molecule has 1 aliphatic heterocycles. The van der Waals surface area contributed by atoms with Crippen molar-refractivity contribution in [2.45, 2.75) is 26.5 Å². The molecule has 7 heteroatoms. The van der Waals surface area contributed by atoms with E-state index >= 15 is 0 Å². The summed E-state index contributed by atoms with van der Waals surface area (Å²) >= 11 is 0. The van der Waals surface area contributed by atoms with Gasteiger partial charge in [-0.05, 0) is 36.6 Å². The number of aliphatic imine (C=N–C) groups is 1. The molecule has 0 saturated carbocycles. The fourth-order valence-corrected chi connectivity index (χ4v) is 3.93. The molecule has 1 unspecified atom stereocenters. The molecule has 1 saturated heterocycles. The normalized spacial score (nSPS) is 16.5. The molecule has 0 spiro atoms. The number of nitrogens with one attached hydrogen (secondary N) is 1. The Morgan fingerprint density at radius 1 is 1.22 bits per heavy atom. The summed E-state index contributed by atoms with van der Waals surface area (Å²) in [6, 6.07) is 15.5. The van der Waals surface area contributed by atoms with Gasteiger partial charge in [-0.1, -0.05) is 36.4 Å². The Bertz CT molecular complexity index is 1010. The smallest absolute Gasteiger partial charge is 0.194 e. The average molecular weight is 436 g/mol. The zero-order valence-corrected chi connectivity index (χ0v) is 18.5. The van der Waals surface area contributed by atoms with E-state index in [0.717, 1.165) is 44.2 Å². The first-order chi connectivity index (χ1) is 15.7. The summed E-state index contributed by atoms with van der Waals surface area (Å²) in [5.41, 5.74) is 2.52. The van der Waals surface area contributed by atoms with E-state index < -0.39 is 0 Å². The van der Waals surface area contributed by atoms with Crippen molar-refractivity contribution in [1.82, 2.24) is 19.8 Å². The number of imidazole rings is 1. The van der Waals surface area contributed by atoms with Gasteiger partial charge in [-0.25, -0.2) is 14.4 Å². The number of hydrogen-bond donors (Lipinski definition) is 1. The summed E-state index contributed by atoms with van der Waals surface area (Å²) in [6.45, 7) is 6.52. The standard InChI is InChI=1S/C25H30FN5O/c1-2-28-25(29-15-21-8-9-24(23(26)14-21)31-13-11-27-19-31)30-12-10-22(16-30)18-32-17-20-6-4-3-5-7-20/h3-9,11,13-14,19,22H,2,10,12,15-18H2,1H3,(H,28,29). The summed E-state index contributed by atoms with van der Waals surface area (Å²) in [6.07, 6.45) is 6.03. The van der Waals surface area contributed by atoms with Crippen LogP contribution in [0.15, 0.2) is 72.2 Å². The number of likely N-dealkylation sites (tertiary alicyclic amines) is 1. The molecule has 1 aliphatic rings. The van der Waals surface area contributed by atoms with Crippen molar-refractivity contribution in [2.75, 3.05) is 26.2 Å². The molecule has 0 aliphatic carbocycles. The van der Waals surface area contributed by atoms with E-state index in [2.05, 4.69) is 34.3 Å². The van der Waals surface area contributed by atoms with E-state index in [1.54, 1.807) is 35.4 Å². The molecule has 6 nitrogen and oxygen atoms in total. The molecule has 2 heterocycles. The predicted octanol–water partition coefficient (Wildman–Crippen LogP) is 4.02. The minimum Gasteiger partial charge on any atom is -0.376 e. The van der Waals surface area contributed by atoms with Crippen molar-refractivity contribution in [1.29, 1.82) is 0 Å². The van der Waals surface area contributed by atoms with Crippen LogP contribution in [0.3, 0.4) is 0 Å². The van der Waals surface area contributed by atoms with Crippen LogP contribution in [0.1, 0.15) is 24.5 Å². The summed E-state index contributed by atoms with van der Waals surface area (Å²) in [5.74, 6) is 1.07. The number of halogens is 1. The van der Waals surface area contributed by atoms with Crippen LogP contribution in [-0.4, -0.2) is 46.7 Å². The maximum absolute atomic E-state index is 14.5. The first-order valence-corrected chi connectivity index (χ1v) is 11.1. The van der Waals surface area contributed by atoms with Crippen LogP contribution in [0, 0.1) is 11.7 Å². The molecule has 1 atom stereocenters. The molecule has 168 valence electrons. The number of benzene rings is 2. The third kappa shape index (κ3) is 5.73. The fourth-order valence-electron chi connectivity index (χ4n) is 3.93. The summed E-state index contributed by atoms with van der Waals surface area (Å²) < 4.78 is 22.1. The first kappa shape index (κ1) is 22.0. The molecule has 1 fully saturated rings. The topological polar surface area (TPSA) is 54.7 Å². The van der Waals surface area contributed by atoms with Crippen molar-refractivity contribution in [3.8, 4) is 5.69 Å². The molecule has 4 rings (SSSR count). The van der Waals surface area contributed by atoms with E-state index in [0.29, 0.717) is 24.8 Å². The highest BCUT2D eigenvalue weighted by Crippen LogP contribution is 2.19. The molecule has 0 bridgehead atoms. The van der Waals surface area contributed by atoms with Gasteiger partial charge in [0.25, 0.3) is 0 Å². The van der Waals surface area contributed by atoms with Gasteiger partial charge < -0.3 is 19.5 Å². The Morgan fingerprint density at radius 3 is 2.84 bits per heavy atom. The molecule has 32 heavy (non-hydrogen) atoms. The van der Waals surface area contributed by atoms with E-state index in [9.17, 15) is 4.39 Å². The van der Waals surface area contributed by atoms with Crippen LogP contribution in [0.2, 0.25) is 0 Å². The van der Waals surface area contributed by atoms with Crippen LogP contribution in [-0.2, 0) is 17.9 Å². The number of guanidine groups is 1. The minimum absolute atomic E-state index is 0.280. The Hall–Kier alpha value is -3.19. The van der Waals surface area contributed by atoms with E-state index in [1.807, 2.05) is 24.3 Å². The van der Waals surface area contributed by atoms with Gasteiger partial charge in [-0.2, -0.15) is 0 Å². The Balaban J connectivity index is 1.32. The van der Waals surface area contributed by atoms with Gasteiger partial charge in [0.05, 0.1) is 31.8 Å². The lowest BCUT2D eigenvalue weighted by atomic mass is 10.1. The van der Waals surface area contributed by atoms with Crippen LogP contribution in [0.4, 0.5) is 4.39 Å². The third-order valence-corrected chi connectivity index (χ3v) is 5.59. The minimum atomic E-state index is -0.280. The maximum Gasteiger partial charge on any atom is 0.194 e. The van der Waals surface area contributed by atoms with Gasteiger partial charge in [0.2, 0.25) is 0 Å². The van der Waals surface area contributed by atoms with E-state index in [4.69, 9.17) is 9.73 Å². The lowest BCUT2D eigenvalue weighted by molar-refractivity contribution is 0.0906. The highest BCUT2D eigenvalue weighted by atomic mass is 19.1. The van der Waals surface area contributed by atoms with Gasteiger partial charge in [-0.15, -0.1) is 0 Å². The van der Waals surface area contributed by atoms with Gasteiger partial charge in [0, 0.05) is 37.9 Å². The second kappa shape index (κ2) is 10.9. The summed E-state index contributed by atoms with van der Waals surface area (Å²) in [5, 5.41) is 3.37. The first-order valence-electron chi connectivity index (χ1n) is 11.1. The fraction of sp³-hybridized carbons (Fsp3) is 0.360. The van der Waals surface area contributed by atoms with Crippen molar-refractivity contribution in [3.05, 3.63) is 84.2 Å². The van der Waals surface area contributed by atoms with Crippen molar-refractivity contribution in [3.63, 3.8) is 0 Å². The second-order valence-electron chi connectivity index (χ2n) is 8.03. The largest absolute Gasteiger partial charge is 0.376 e. The molecule has 3 aromatic rings. The van der Waals surface area contributed by atoms with Crippen LogP contribution in [0.5, 0.6) is 0 Å². The Kier molecular flexibility index (Phi) is 7.51. The Morgan fingerprint density at radius 2 is 2.09 bits per heavy atom. The monoisotopic (exact) mass is 435 g/mol. The second-order valence-corrected chi connectivity index (χ2v) is 8.03. The maximum atomic E-state index is 14.5. The van der Waals surface area contributed by atoms with Crippen LogP contribution in [0.25, 0.3) is 5.69 Å². The molecule has 1 aromatic heterocycles. The van der Waals surface area contributed by atoms with Crippen LogP contribution >= 0.6 is 0 Å². The number of hydrogen-bond acceptors (Lipinski definition) is 3. The Labute approximate surface area is 188 Å². The molecule has 0 amide bonds. The number of rotatable bonds is 8. The quantitative estimate of drug-likeness (QED) is 0.429. The van der Waals surface area contributed by atoms with Crippen molar-refractivity contribution >= 4 is 5.96 Å². The van der Waals surface area contributed by atoms with E-state index in [-0.39, 0.29) is 5.82 Å². The zero-order chi connectivity index (χ0) is 22.2. The van der Waals surface area contributed by atoms with Gasteiger partial charge in [0.1, 0.15) is 5.82 Å². The van der Waals surface area contributed by atoms with Crippen molar-refractivity contribution in [2.24, 2.45) is 10.9 Å². The molecule has 0 radical (unpaired) electrons. The lowest BCUT2D eigenvalue weighted by Crippen LogP contribution is -2.40. The molecule has 2 aromatic carbocycles. The highest BCUT2D eigenvalue weighted by Gasteiger charge is 2.25. The predicted molar refractivity (Wildman–Crippen MR) is 124 cm³/mol. The van der Waals surface area contributed by atoms with Crippen LogP contribution < -0.4 is 5.32 Å². The summed E-state index contributed by atoms with van der Waals surface area (Å²) in [7, 11) is 0. The number of ether oxygens (including phenoxy) is 1. The SMILES string of the molecule is CCNC(=NCc1ccc(-n2ccnc2)c(F)c1)N1CCC(COCc2ccccc2)C1. The lowest BCUT2D eigenvalue weighted by Gasteiger charge is -2.21. The molecule has 1 N–H and O–H groups in total. The molecular formula is C25H30FN5O. The number of nitrogens with zero attached hydrogens (tertiary/aromatic N) is 4. The highest BCUT2D eigenvalue weighted by molar-refractivity contribution is 5.80. The number of aromatic nitrogens is 2. The van der Waals surface area contributed by atoms with Gasteiger partial charge >= 0.3 is 0 Å². The average Bonchev–Trinajstić information content (AvgIpc) is 3.50. The van der Waals surface area contributed by atoms with Crippen molar-refractivity contribution < 1.29 is 9.13 Å². The van der Waals surface area contributed by atoms with Gasteiger partial charge in [0.15, 0.2) is 5.96 Å². The third-order valence-electron chi connectivity index (χ3n) is 5.59. The van der Waals surface area contributed by atoms with E-state index in [1.165, 1.54) is 5.56 Å². The zero-order valence-electron chi connectivity index (χ0n) is 18.5. The molecular weight excluding hydrogens is 405 g/mol. The summed E-state index contributed by atoms with van der Waals surface area (Å²) in [4.78, 5) is 11.0. The van der Waals surface area contributed by atoms with Gasteiger partial charge in [-0.3, -0.25) is 0 Å².